The van der Waals surface area contributed by atoms with Crippen molar-refractivity contribution >= 4 is 12.0 Å². The molecule has 0 aliphatic heterocycles. The van der Waals surface area contributed by atoms with Gasteiger partial charge in [-0.15, -0.1) is 0 Å². The Labute approximate surface area is 156 Å². The number of aromatic nitrogens is 4. The number of ether oxygens (including phenoxy) is 2. The zero-order valence-corrected chi connectivity index (χ0v) is 15.6. The smallest absolute Gasteiger partial charge is 0.331 e. The molecule has 140 valence electrons. The molecule has 0 bridgehead atoms. The maximum atomic E-state index is 11.9. The van der Waals surface area contributed by atoms with Crippen molar-refractivity contribution in [3.05, 3.63) is 53.2 Å². The number of aryl methyl sites for hydroxylation is 2. The van der Waals surface area contributed by atoms with Crippen LogP contribution in [0.4, 0.5) is 0 Å². The first-order chi connectivity index (χ1) is 13.0. The van der Waals surface area contributed by atoms with E-state index in [-0.39, 0.29) is 12.5 Å². The fourth-order valence-electron chi connectivity index (χ4n) is 2.53. The summed E-state index contributed by atoms with van der Waals surface area (Å²) in [7, 11) is 3.45. The first-order valence-electron chi connectivity index (χ1n) is 8.30. The Morgan fingerprint density at radius 1 is 1.26 bits per heavy atom. The van der Waals surface area contributed by atoms with Gasteiger partial charge in [0.2, 0.25) is 5.82 Å². The molecule has 0 aliphatic rings. The van der Waals surface area contributed by atoms with E-state index in [4.69, 9.17) is 14.0 Å². The van der Waals surface area contributed by atoms with Crippen molar-refractivity contribution in [2.24, 2.45) is 7.05 Å². The third-order valence-electron chi connectivity index (χ3n) is 4.11. The van der Waals surface area contributed by atoms with E-state index in [1.165, 1.54) is 6.08 Å². The summed E-state index contributed by atoms with van der Waals surface area (Å²) < 4.78 is 17.2. The summed E-state index contributed by atoms with van der Waals surface area (Å²) in [5, 5.41) is 8.19. The third-order valence-corrected chi connectivity index (χ3v) is 4.11. The number of rotatable bonds is 6. The first kappa shape index (κ1) is 18.4. The molecular formula is C19H20N4O4. The Hall–Kier alpha value is -3.42. The van der Waals surface area contributed by atoms with Crippen LogP contribution in [0.2, 0.25) is 0 Å². The molecule has 0 fully saturated rings. The minimum Gasteiger partial charge on any atom is -0.497 e. The van der Waals surface area contributed by atoms with Crippen LogP contribution in [0.1, 0.15) is 22.8 Å². The highest BCUT2D eigenvalue weighted by atomic mass is 16.6. The topological polar surface area (TPSA) is 92.3 Å². The van der Waals surface area contributed by atoms with Crippen molar-refractivity contribution in [1.82, 2.24) is 19.9 Å². The van der Waals surface area contributed by atoms with Gasteiger partial charge in [-0.1, -0.05) is 5.16 Å². The normalized spacial score (nSPS) is 11.1. The molecule has 27 heavy (non-hydrogen) atoms. The summed E-state index contributed by atoms with van der Waals surface area (Å²) in [6.07, 6.45) is 3.05. The van der Waals surface area contributed by atoms with E-state index in [0.717, 1.165) is 28.3 Å². The Morgan fingerprint density at radius 2 is 2.00 bits per heavy atom. The molecule has 0 radical (unpaired) electrons. The molecule has 1 aromatic carbocycles. The van der Waals surface area contributed by atoms with Crippen LogP contribution in [0.15, 0.2) is 34.9 Å². The average Bonchev–Trinajstić information content (AvgIpc) is 3.24. The minimum atomic E-state index is -0.498. The number of carbonyl (C=O) groups excluding carboxylic acids is 1. The second kappa shape index (κ2) is 7.86. The van der Waals surface area contributed by atoms with Gasteiger partial charge in [0, 0.05) is 29.9 Å². The van der Waals surface area contributed by atoms with Crippen LogP contribution >= 0.6 is 0 Å². The SMILES string of the molecule is COc1ccc(-c2noc(COC(=O)/C=C/c3c(C)nn(C)c3C)n2)cc1. The van der Waals surface area contributed by atoms with E-state index in [0.29, 0.717) is 5.82 Å². The van der Waals surface area contributed by atoms with Crippen LogP contribution < -0.4 is 4.74 Å². The lowest BCUT2D eigenvalue weighted by atomic mass is 10.2. The molecule has 0 spiro atoms. The van der Waals surface area contributed by atoms with Crippen LogP contribution in [-0.4, -0.2) is 33.0 Å². The van der Waals surface area contributed by atoms with Crippen LogP contribution in [-0.2, 0) is 23.2 Å². The zero-order chi connectivity index (χ0) is 19.4. The molecule has 3 aromatic rings. The van der Waals surface area contributed by atoms with E-state index in [1.807, 2.05) is 33.0 Å². The molecule has 0 saturated carbocycles. The number of esters is 1. The van der Waals surface area contributed by atoms with Crippen molar-refractivity contribution in [2.45, 2.75) is 20.5 Å². The van der Waals surface area contributed by atoms with Gasteiger partial charge in [0.1, 0.15) is 5.75 Å². The molecule has 3 rings (SSSR count). The Morgan fingerprint density at radius 3 is 2.63 bits per heavy atom. The van der Waals surface area contributed by atoms with Gasteiger partial charge in [0.25, 0.3) is 5.89 Å². The van der Waals surface area contributed by atoms with E-state index >= 15 is 0 Å². The molecule has 0 aliphatic carbocycles. The first-order valence-corrected chi connectivity index (χ1v) is 8.30. The summed E-state index contributed by atoms with van der Waals surface area (Å²) in [6.45, 7) is 3.72. The number of carbonyl (C=O) groups is 1. The predicted molar refractivity (Wildman–Crippen MR) is 97.8 cm³/mol. The highest BCUT2D eigenvalue weighted by Crippen LogP contribution is 2.20. The van der Waals surface area contributed by atoms with Gasteiger partial charge in [0.05, 0.1) is 12.8 Å². The van der Waals surface area contributed by atoms with Gasteiger partial charge in [0.15, 0.2) is 6.61 Å². The molecule has 0 saturated heterocycles. The number of benzene rings is 1. The molecule has 0 N–H and O–H groups in total. The Kier molecular flexibility index (Phi) is 5.35. The van der Waals surface area contributed by atoms with Gasteiger partial charge >= 0.3 is 5.97 Å². The summed E-state index contributed by atoms with van der Waals surface area (Å²) in [5.41, 5.74) is 3.49. The molecule has 0 amide bonds. The highest BCUT2D eigenvalue weighted by molar-refractivity contribution is 5.87. The Bertz CT molecular complexity index is 970. The third kappa shape index (κ3) is 4.22. The summed E-state index contributed by atoms with van der Waals surface area (Å²) in [6, 6.07) is 7.25. The van der Waals surface area contributed by atoms with E-state index < -0.39 is 5.97 Å². The largest absolute Gasteiger partial charge is 0.497 e. The average molecular weight is 368 g/mol. The second-order valence-corrected chi connectivity index (χ2v) is 5.89. The highest BCUT2D eigenvalue weighted by Gasteiger charge is 2.11. The summed E-state index contributed by atoms with van der Waals surface area (Å²) >= 11 is 0. The fourth-order valence-corrected chi connectivity index (χ4v) is 2.53. The maximum Gasteiger partial charge on any atom is 0.331 e. The van der Waals surface area contributed by atoms with Crippen molar-refractivity contribution in [3.63, 3.8) is 0 Å². The van der Waals surface area contributed by atoms with Crippen LogP contribution in [0, 0.1) is 13.8 Å². The lowest BCUT2D eigenvalue weighted by Gasteiger charge is -1.99. The number of hydrogen-bond donors (Lipinski definition) is 0. The molecule has 8 heteroatoms. The molecule has 2 aromatic heterocycles. The van der Waals surface area contributed by atoms with E-state index in [9.17, 15) is 4.79 Å². The van der Waals surface area contributed by atoms with Crippen molar-refractivity contribution < 1.29 is 18.8 Å². The fraction of sp³-hybridized carbons (Fsp3) is 0.263. The van der Waals surface area contributed by atoms with Crippen molar-refractivity contribution in [1.29, 1.82) is 0 Å². The number of nitrogens with zero attached hydrogens (tertiary/aromatic N) is 4. The van der Waals surface area contributed by atoms with Gasteiger partial charge in [-0.05, 0) is 44.2 Å². The minimum absolute atomic E-state index is 0.0999. The predicted octanol–water partition coefficient (Wildman–Crippen LogP) is 2.85. The maximum absolute atomic E-state index is 11.9. The standard InChI is InChI=1S/C19H20N4O4/c1-12-16(13(2)23(3)21-12)9-10-18(24)26-11-17-20-19(22-27-17)14-5-7-15(25-4)8-6-14/h5-10H,11H2,1-4H3/b10-9+. The molecule has 0 unspecified atom stereocenters. The molecule has 0 atom stereocenters. The summed E-state index contributed by atoms with van der Waals surface area (Å²) in [5.74, 6) is 0.876. The van der Waals surface area contributed by atoms with E-state index in [2.05, 4.69) is 15.2 Å². The lowest BCUT2D eigenvalue weighted by Crippen LogP contribution is -2.01. The van der Waals surface area contributed by atoms with Crippen LogP contribution in [0.3, 0.4) is 0 Å². The summed E-state index contributed by atoms with van der Waals surface area (Å²) in [4.78, 5) is 16.2. The van der Waals surface area contributed by atoms with E-state index in [1.54, 1.807) is 30.0 Å². The molecule has 8 nitrogen and oxygen atoms in total. The molecule has 2 heterocycles. The Balaban J connectivity index is 1.59. The number of hydrogen-bond acceptors (Lipinski definition) is 7. The zero-order valence-electron chi connectivity index (χ0n) is 15.6. The van der Waals surface area contributed by atoms with Crippen LogP contribution in [0.25, 0.3) is 17.5 Å². The lowest BCUT2D eigenvalue weighted by molar-refractivity contribution is -0.139. The molecular weight excluding hydrogens is 348 g/mol. The van der Waals surface area contributed by atoms with Crippen molar-refractivity contribution in [2.75, 3.05) is 7.11 Å². The monoisotopic (exact) mass is 368 g/mol. The number of methoxy groups -OCH3 is 1. The van der Waals surface area contributed by atoms with Crippen LogP contribution in [0.5, 0.6) is 5.75 Å². The van der Waals surface area contributed by atoms with Gasteiger partial charge in [-0.2, -0.15) is 10.1 Å². The van der Waals surface area contributed by atoms with Gasteiger partial charge < -0.3 is 14.0 Å². The second-order valence-electron chi connectivity index (χ2n) is 5.89. The van der Waals surface area contributed by atoms with Gasteiger partial charge in [-0.25, -0.2) is 4.79 Å². The van der Waals surface area contributed by atoms with Gasteiger partial charge in [-0.3, -0.25) is 4.68 Å². The van der Waals surface area contributed by atoms with Crippen molar-refractivity contribution in [3.8, 4) is 17.1 Å². The quantitative estimate of drug-likeness (QED) is 0.488.